The molecule has 2 heterocycles. The number of hydrogen-bond acceptors (Lipinski definition) is 7. The molecule has 2 aliphatic rings. The number of nitrogens with two attached hydrogens (primary N) is 1. The van der Waals surface area contributed by atoms with Crippen molar-refractivity contribution in [3.8, 4) is 0 Å². The summed E-state index contributed by atoms with van der Waals surface area (Å²) in [6, 6.07) is 1.02. The molecule has 9 nitrogen and oxygen atoms in total. The van der Waals surface area contributed by atoms with Crippen LogP contribution >= 0.6 is 0 Å². The molecule has 0 aliphatic heterocycles. The number of halogens is 3. The van der Waals surface area contributed by atoms with Crippen LogP contribution in [0, 0.1) is 22.9 Å². The molecule has 2 saturated carbocycles. The Labute approximate surface area is 211 Å². The molecule has 5 N–H and O–H groups in total. The van der Waals surface area contributed by atoms with Crippen LogP contribution in [0.2, 0.25) is 0 Å². The Morgan fingerprint density at radius 3 is 2.49 bits per heavy atom. The molecule has 2 aliphatic carbocycles. The lowest BCUT2D eigenvalue weighted by atomic mass is 9.73. The second-order valence-corrected chi connectivity index (χ2v) is 10.4. The number of hydrogen-bond donors (Lipinski definition) is 4. The van der Waals surface area contributed by atoms with E-state index < -0.39 is 28.6 Å². The number of aliphatic hydroxyl groups is 1. The third-order valence-corrected chi connectivity index (χ3v) is 7.67. The van der Waals surface area contributed by atoms with E-state index in [9.17, 15) is 23.1 Å². The van der Waals surface area contributed by atoms with Crippen molar-refractivity contribution in [3.05, 3.63) is 35.8 Å². The zero-order valence-electron chi connectivity index (χ0n) is 20.5. The number of rotatable bonds is 6. The highest BCUT2D eigenvalue weighted by Gasteiger charge is 2.38. The van der Waals surface area contributed by atoms with Gasteiger partial charge in [-0.2, -0.15) is 4.98 Å². The first-order valence-corrected chi connectivity index (χ1v) is 12.5. The number of aliphatic hydroxyl groups excluding tert-OH is 1. The highest BCUT2D eigenvalue weighted by molar-refractivity contribution is 5.80. The van der Waals surface area contributed by atoms with E-state index in [0.717, 1.165) is 19.3 Å². The smallest absolute Gasteiger partial charge is 0.224 e. The van der Waals surface area contributed by atoms with E-state index in [2.05, 4.69) is 25.6 Å². The lowest BCUT2D eigenvalue weighted by molar-refractivity contribution is -0.128. The summed E-state index contributed by atoms with van der Waals surface area (Å²) in [6.45, 7) is 1.84. The number of benzene rings is 1. The lowest BCUT2D eigenvalue weighted by Gasteiger charge is -2.35. The number of amides is 1. The van der Waals surface area contributed by atoms with Crippen molar-refractivity contribution in [1.29, 1.82) is 0 Å². The molecule has 5 rings (SSSR count). The van der Waals surface area contributed by atoms with Gasteiger partial charge in [0.05, 0.1) is 12.3 Å². The minimum atomic E-state index is -1.09. The van der Waals surface area contributed by atoms with Crippen molar-refractivity contribution < 1.29 is 23.1 Å². The minimum absolute atomic E-state index is 0.0172. The lowest BCUT2D eigenvalue weighted by Crippen LogP contribution is -2.38. The van der Waals surface area contributed by atoms with Gasteiger partial charge in [-0.15, -0.1) is 0 Å². The van der Waals surface area contributed by atoms with Crippen LogP contribution in [0.3, 0.4) is 0 Å². The van der Waals surface area contributed by atoms with Gasteiger partial charge in [-0.25, -0.2) is 23.1 Å². The fourth-order valence-corrected chi connectivity index (χ4v) is 5.39. The molecule has 2 unspecified atom stereocenters. The highest BCUT2D eigenvalue weighted by atomic mass is 19.1. The predicted molar refractivity (Wildman–Crippen MR) is 132 cm³/mol. The Morgan fingerprint density at radius 2 is 1.84 bits per heavy atom. The zero-order valence-corrected chi connectivity index (χ0v) is 20.5. The van der Waals surface area contributed by atoms with Gasteiger partial charge in [0.2, 0.25) is 17.8 Å². The van der Waals surface area contributed by atoms with Crippen LogP contribution in [0.1, 0.15) is 64.3 Å². The van der Waals surface area contributed by atoms with E-state index in [1.807, 2.05) is 6.92 Å². The van der Waals surface area contributed by atoms with Crippen LogP contribution in [0.15, 0.2) is 18.3 Å². The van der Waals surface area contributed by atoms with Crippen molar-refractivity contribution >= 4 is 34.7 Å². The van der Waals surface area contributed by atoms with Gasteiger partial charge in [0.15, 0.2) is 17.3 Å². The minimum Gasteiger partial charge on any atom is -0.393 e. The molecule has 2 fully saturated rings. The molecule has 2 aromatic heterocycles. The normalized spacial score (nSPS) is 26.2. The molecule has 0 bridgehead atoms. The third-order valence-electron chi connectivity index (χ3n) is 7.67. The Bertz CT molecular complexity index is 1300. The van der Waals surface area contributed by atoms with Crippen molar-refractivity contribution in [2.75, 3.05) is 10.6 Å². The van der Waals surface area contributed by atoms with Gasteiger partial charge in [-0.1, -0.05) is 6.92 Å². The van der Waals surface area contributed by atoms with E-state index in [4.69, 9.17) is 5.73 Å². The SMILES string of the molecule is CC1(C(N)=O)CCC(n2c(Nc3c(F)cc(F)cc3F)nc3cnc(NC4CCCC(O)C4)nc32)CC1. The maximum Gasteiger partial charge on any atom is 0.224 e. The number of carbonyl (C=O) groups is 1. The molecule has 198 valence electrons. The summed E-state index contributed by atoms with van der Waals surface area (Å²) >= 11 is 0. The quantitative estimate of drug-likeness (QED) is 0.383. The van der Waals surface area contributed by atoms with Crippen molar-refractivity contribution in [3.63, 3.8) is 0 Å². The fourth-order valence-electron chi connectivity index (χ4n) is 5.39. The summed E-state index contributed by atoms with van der Waals surface area (Å²) in [5.74, 6) is -3.08. The number of fused-ring (bicyclic) bond motifs is 1. The van der Waals surface area contributed by atoms with Crippen molar-refractivity contribution in [1.82, 2.24) is 19.5 Å². The summed E-state index contributed by atoms with van der Waals surface area (Å²) < 4.78 is 44.2. The zero-order chi connectivity index (χ0) is 26.3. The van der Waals surface area contributed by atoms with Gasteiger partial charge in [0.1, 0.15) is 17.0 Å². The Kier molecular flexibility index (Phi) is 6.69. The largest absolute Gasteiger partial charge is 0.393 e. The van der Waals surface area contributed by atoms with Gasteiger partial charge in [0, 0.05) is 29.6 Å². The highest BCUT2D eigenvalue weighted by Crippen LogP contribution is 2.43. The summed E-state index contributed by atoms with van der Waals surface area (Å²) in [5, 5.41) is 16.0. The first-order chi connectivity index (χ1) is 17.6. The van der Waals surface area contributed by atoms with Crippen molar-refractivity contribution in [2.24, 2.45) is 11.1 Å². The van der Waals surface area contributed by atoms with Crippen LogP contribution in [0.4, 0.5) is 30.8 Å². The Morgan fingerprint density at radius 1 is 1.14 bits per heavy atom. The third kappa shape index (κ3) is 5.07. The predicted octanol–water partition coefficient (Wildman–Crippen LogP) is 4.31. The molecule has 2 atom stereocenters. The Hall–Kier alpha value is -3.41. The summed E-state index contributed by atoms with van der Waals surface area (Å²) in [4.78, 5) is 25.5. The number of aromatic nitrogens is 4. The molecule has 1 amide bonds. The molecule has 37 heavy (non-hydrogen) atoms. The molecule has 3 aromatic rings. The monoisotopic (exact) mass is 517 g/mol. The van der Waals surface area contributed by atoms with Gasteiger partial charge >= 0.3 is 0 Å². The summed E-state index contributed by atoms with van der Waals surface area (Å²) in [7, 11) is 0. The average Bonchev–Trinajstić information content (AvgIpc) is 3.19. The molecule has 0 radical (unpaired) electrons. The molecule has 0 saturated heterocycles. The first-order valence-electron chi connectivity index (χ1n) is 12.5. The van der Waals surface area contributed by atoms with Crippen LogP contribution in [0.25, 0.3) is 11.2 Å². The Balaban J connectivity index is 1.52. The van der Waals surface area contributed by atoms with Gasteiger partial charge in [0.25, 0.3) is 0 Å². The second-order valence-electron chi connectivity index (χ2n) is 10.4. The number of carbonyl (C=O) groups excluding carboxylic acids is 1. The van der Waals surface area contributed by atoms with E-state index in [1.54, 1.807) is 4.57 Å². The fraction of sp³-hybridized carbons (Fsp3) is 0.520. The van der Waals surface area contributed by atoms with Crippen LogP contribution in [-0.2, 0) is 4.79 Å². The van der Waals surface area contributed by atoms with Crippen LogP contribution in [-0.4, -0.2) is 42.7 Å². The molecular weight excluding hydrogens is 487 g/mol. The van der Waals surface area contributed by atoms with Gasteiger partial charge in [-0.05, 0) is 51.4 Å². The maximum absolute atomic E-state index is 14.5. The number of nitrogens with zero attached hydrogens (tertiary/aromatic N) is 4. The summed E-state index contributed by atoms with van der Waals surface area (Å²) in [6.07, 6.45) is 6.46. The average molecular weight is 518 g/mol. The maximum atomic E-state index is 14.5. The van der Waals surface area contributed by atoms with E-state index in [1.165, 1.54) is 6.20 Å². The number of anilines is 3. The van der Waals surface area contributed by atoms with Gasteiger partial charge < -0.3 is 21.5 Å². The van der Waals surface area contributed by atoms with E-state index in [-0.39, 0.29) is 30.0 Å². The standard InChI is InChI=1S/C25H30F3N7O2/c1-25(22(29)37)7-5-15(6-8-25)35-21-19(12-30-23(34-21)31-14-3-2-4-16(36)11-14)32-24(35)33-20-17(27)9-13(26)10-18(20)28/h9-10,12,14-16,36H,2-8,11H2,1H3,(H2,29,37)(H,32,33)(H,30,31,34). The first kappa shape index (κ1) is 25.2. The van der Waals surface area contributed by atoms with E-state index >= 15 is 0 Å². The number of primary amides is 1. The molecular formula is C25H30F3N7O2. The number of imidazole rings is 1. The van der Waals surface area contributed by atoms with Crippen LogP contribution < -0.4 is 16.4 Å². The second kappa shape index (κ2) is 9.81. The molecule has 0 spiro atoms. The van der Waals surface area contributed by atoms with E-state index in [0.29, 0.717) is 61.3 Å². The molecule has 1 aromatic carbocycles. The molecule has 12 heteroatoms. The van der Waals surface area contributed by atoms with Crippen LogP contribution in [0.5, 0.6) is 0 Å². The number of nitrogens with one attached hydrogen (secondary N) is 2. The summed E-state index contributed by atoms with van der Waals surface area (Å²) in [5.41, 5.74) is 5.31. The van der Waals surface area contributed by atoms with Gasteiger partial charge in [-0.3, -0.25) is 9.36 Å². The topological polar surface area (TPSA) is 131 Å². The van der Waals surface area contributed by atoms with Crippen molar-refractivity contribution in [2.45, 2.75) is 76.5 Å².